The van der Waals surface area contributed by atoms with Gasteiger partial charge in [0.15, 0.2) is 6.39 Å². The standard InChI is InChI=1S/C22H22N3O.Ir/c1-14(2)16-7-5-8-17(15(3)4)20(16)25-12-11-23-22(25)18-9-6-10-19-21(18)26-13-24-19;/h5-8,10-15H,1-4H3;/q-1;. The summed E-state index contributed by atoms with van der Waals surface area (Å²) in [5.74, 6) is 1.63. The summed E-state index contributed by atoms with van der Waals surface area (Å²) in [4.78, 5) is 8.90. The first-order valence-corrected chi connectivity index (χ1v) is 8.98. The molecule has 2 aromatic heterocycles. The third-order valence-corrected chi connectivity index (χ3v) is 4.74. The molecule has 0 aliphatic carbocycles. The molecule has 4 nitrogen and oxygen atoms in total. The van der Waals surface area contributed by atoms with Crippen LogP contribution in [0.25, 0.3) is 28.2 Å². The third-order valence-electron chi connectivity index (χ3n) is 4.74. The second-order valence-corrected chi connectivity index (χ2v) is 7.13. The summed E-state index contributed by atoms with van der Waals surface area (Å²) in [7, 11) is 0. The maximum absolute atomic E-state index is 5.62. The van der Waals surface area contributed by atoms with Gasteiger partial charge in [0.1, 0.15) is 0 Å². The van der Waals surface area contributed by atoms with Crippen molar-refractivity contribution in [3.63, 3.8) is 0 Å². The molecule has 0 unspecified atom stereocenters. The van der Waals surface area contributed by atoms with E-state index in [4.69, 9.17) is 4.42 Å². The van der Waals surface area contributed by atoms with Gasteiger partial charge in [-0.05, 0) is 23.0 Å². The van der Waals surface area contributed by atoms with E-state index in [9.17, 15) is 0 Å². The van der Waals surface area contributed by atoms with Crippen LogP contribution in [0.4, 0.5) is 0 Å². The molecule has 0 saturated carbocycles. The minimum absolute atomic E-state index is 0. The summed E-state index contributed by atoms with van der Waals surface area (Å²) in [6.45, 7) is 8.90. The Bertz CT molecular complexity index is 1040. The van der Waals surface area contributed by atoms with Crippen molar-refractivity contribution in [1.29, 1.82) is 0 Å². The zero-order chi connectivity index (χ0) is 18.3. The Morgan fingerprint density at radius 3 is 2.37 bits per heavy atom. The van der Waals surface area contributed by atoms with E-state index in [1.807, 2.05) is 24.5 Å². The number of hydrogen-bond donors (Lipinski definition) is 0. The Morgan fingerprint density at radius 2 is 1.70 bits per heavy atom. The van der Waals surface area contributed by atoms with Gasteiger partial charge in [0, 0.05) is 43.7 Å². The number of aromatic nitrogens is 3. The van der Waals surface area contributed by atoms with E-state index < -0.39 is 0 Å². The number of imidazole rings is 1. The van der Waals surface area contributed by atoms with Crippen LogP contribution in [0.5, 0.6) is 0 Å². The molecular formula is C22H22IrN3O-. The molecule has 5 heteroatoms. The van der Waals surface area contributed by atoms with Crippen molar-refractivity contribution in [3.05, 3.63) is 66.3 Å². The predicted molar refractivity (Wildman–Crippen MR) is 104 cm³/mol. The topological polar surface area (TPSA) is 43.9 Å². The van der Waals surface area contributed by atoms with Crippen LogP contribution in [-0.4, -0.2) is 14.5 Å². The van der Waals surface area contributed by atoms with E-state index >= 15 is 0 Å². The first-order valence-electron chi connectivity index (χ1n) is 8.98. The van der Waals surface area contributed by atoms with Crippen molar-refractivity contribution >= 4 is 11.1 Å². The van der Waals surface area contributed by atoms with Gasteiger partial charge in [-0.1, -0.05) is 51.5 Å². The average molecular weight is 537 g/mol. The van der Waals surface area contributed by atoms with Crippen LogP contribution in [0.3, 0.4) is 0 Å². The Hall–Kier alpha value is -2.23. The average Bonchev–Trinajstić information content (AvgIpc) is 3.29. The molecule has 0 aliphatic rings. The molecule has 0 atom stereocenters. The largest absolute Gasteiger partial charge is 0.490 e. The molecule has 2 aromatic carbocycles. The van der Waals surface area contributed by atoms with Crippen molar-refractivity contribution in [2.24, 2.45) is 0 Å². The molecule has 27 heavy (non-hydrogen) atoms. The smallest absolute Gasteiger partial charge is 0.169 e. The fourth-order valence-corrected chi connectivity index (χ4v) is 3.45. The fourth-order valence-electron chi connectivity index (χ4n) is 3.45. The SMILES string of the molecule is CC(C)c1cccc(C(C)C)c1-n1ccnc1-c1[c-]ccc2ncoc12.[Ir]. The van der Waals surface area contributed by atoms with Gasteiger partial charge in [-0.25, -0.2) is 4.98 Å². The van der Waals surface area contributed by atoms with E-state index in [1.165, 1.54) is 23.2 Å². The molecule has 0 fully saturated rings. The Balaban J connectivity index is 0.00000210. The number of hydrogen-bond acceptors (Lipinski definition) is 3. The summed E-state index contributed by atoms with van der Waals surface area (Å²) < 4.78 is 7.79. The monoisotopic (exact) mass is 537 g/mol. The Morgan fingerprint density at radius 1 is 1.00 bits per heavy atom. The molecule has 4 rings (SSSR count). The van der Waals surface area contributed by atoms with Gasteiger partial charge in [0.05, 0.1) is 11.4 Å². The van der Waals surface area contributed by atoms with Crippen LogP contribution in [0.1, 0.15) is 50.7 Å². The van der Waals surface area contributed by atoms with Gasteiger partial charge < -0.3 is 8.98 Å². The van der Waals surface area contributed by atoms with Gasteiger partial charge in [0.2, 0.25) is 0 Å². The van der Waals surface area contributed by atoms with Gasteiger partial charge in [-0.3, -0.25) is 4.98 Å². The predicted octanol–water partition coefficient (Wildman–Crippen LogP) is 5.72. The van der Waals surface area contributed by atoms with Crippen LogP contribution in [0.2, 0.25) is 0 Å². The fraction of sp³-hybridized carbons (Fsp3) is 0.273. The van der Waals surface area contributed by atoms with Gasteiger partial charge >= 0.3 is 0 Å². The van der Waals surface area contributed by atoms with Crippen molar-refractivity contribution in [2.45, 2.75) is 39.5 Å². The summed E-state index contributed by atoms with van der Waals surface area (Å²) in [5, 5.41) is 0. The van der Waals surface area contributed by atoms with E-state index in [-0.39, 0.29) is 20.1 Å². The zero-order valence-electron chi connectivity index (χ0n) is 15.9. The minimum atomic E-state index is 0. The van der Waals surface area contributed by atoms with Gasteiger partial charge in [-0.2, -0.15) is 0 Å². The number of para-hydroxylation sites is 1. The van der Waals surface area contributed by atoms with Crippen molar-refractivity contribution in [3.8, 4) is 17.1 Å². The Kier molecular flexibility index (Phi) is 5.64. The molecule has 141 valence electrons. The second-order valence-electron chi connectivity index (χ2n) is 7.13. The van der Waals surface area contributed by atoms with E-state index in [0.29, 0.717) is 17.4 Å². The first kappa shape index (κ1) is 19.5. The van der Waals surface area contributed by atoms with E-state index in [0.717, 1.165) is 16.9 Å². The van der Waals surface area contributed by atoms with E-state index in [1.54, 1.807) is 0 Å². The zero-order valence-corrected chi connectivity index (χ0v) is 18.3. The molecule has 0 N–H and O–H groups in total. The molecule has 4 aromatic rings. The number of rotatable bonds is 4. The number of oxazole rings is 1. The molecule has 0 amide bonds. The molecule has 0 spiro atoms. The first-order chi connectivity index (χ1) is 12.6. The maximum atomic E-state index is 5.62. The molecule has 2 heterocycles. The van der Waals surface area contributed by atoms with Crippen LogP contribution in [0, 0.1) is 6.07 Å². The molecule has 1 radical (unpaired) electrons. The number of nitrogens with zero attached hydrogens (tertiary/aromatic N) is 3. The molecule has 0 saturated heterocycles. The van der Waals surface area contributed by atoms with Crippen LogP contribution in [0.15, 0.2) is 53.5 Å². The minimum Gasteiger partial charge on any atom is -0.490 e. The maximum Gasteiger partial charge on any atom is 0.169 e. The summed E-state index contributed by atoms with van der Waals surface area (Å²) in [5.41, 5.74) is 6.18. The Labute approximate surface area is 173 Å². The molecular weight excluding hydrogens is 514 g/mol. The van der Waals surface area contributed by atoms with Crippen molar-refractivity contribution < 1.29 is 24.5 Å². The third kappa shape index (κ3) is 3.38. The number of fused-ring (bicyclic) bond motifs is 1. The summed E-state index contributed by atoms with van der Waals surface area (Å²) >= 11 is 0. The van der Waals surface area contributed by atoms with Crippen molar-refractivity contribution in [2.75, 3.05) is 0 Å². The van der Waals surface area contributed by atoms with Crippen LogP contribution in [-0.2, 0) is 20.1 Å². The van der Waals surface area contributed by atoms with Gasteiger partial charge in [-0.15, -0.1) is 18.2 Å². The van der Waals surface area contributed by atoms with Crippen LogP contribution >= 0.6 is 0 Å². The molecule has 0 bridgehead atoms. The number of benzene rings is 2. The van der Waals surface area contributed by atoms with E-state index in [2.05, 4.69) is 66.5 Å². The molecule has 0 aliphatic heterocycles. The van der Waals surface area contributed by atoms with Crippen molar-refractivity contribution in [1.82, 2.24) is 14.5 Å². The quantitative estimate of drug-likeness (QED) is 0.313. The second kappa shape index (κ2) is 7.79. The summed E-state index contributed by atoms with van der Waals surface area (Å²) in [6.07, 6.45) is 5.32. The van der Waals surface area contributed by atoms with Crippen LogP contribution < -0.4 is 0 Å². The van der Waals surface area contributed by atoms with Gasteiger partial charge in [0.25, 0.3) is 0 Å². The summed E-state index contributed by atoms with van der Waals surface area (Å²) in [6, 6.07) is 13.6. The normalized spacial score (nSPS) is 11.3.